The zero-order valence-corrected chi connectivity index (χ0v) is 15.1. The molecule has 0 saturated carbocycles. The van der Waals surface area contributed by atoms with Crippen molar-refractivity contribution in [1.29, 1.82) is 0 Å². The number of nitrogens with zero attached hydrogens (tertiary/aromatic N) is 5. The second kappa shape index (κ2) is 7.56. The number of nitrogens with one attached hydrogen (secondary N) is 1. The highest BCUT2D eigenvalue weighted by atomic mass is 15.6. The minimum absolute atomic E-state index is 0.655. The number of piperidine rings is 1. The predicted octanol–water partition coefficient (Wildman–Crippen LogP) is 3.57. The quantitative estimate of drug-likeness (QED) is 0.764. The Kier molecular flexibility index (Phi) is 4.82. The number of anilines is 2. The van der Waals surface area contributed by atoms with E-state index in [4.69, 9.17) is 0 Å². The highest BCUT2D eigenvalue weighted by Crippen LogP contribution is 2.25. The van der Waals surface area contributed by atoms with Crippen LogP contribution in [0.4, 0.5) is 11.6 Å². The fourth-order valence-corrected chi connectivity index (χ4v) is 3.44. The molecule has 26 heavy (non-hydrogen) atoms. The van der Waals surface area contributed by atoms with Gasteiger partial charge in [-0.25, -0.2) is 0 Å². The molecule has 1 aliphatic rings. The topological polar surface area (TPSA) is 58.9 Å². The van der Waals surface area contributed by atoms with Gasteiger partial charge < -0.3 is 10.2 Å². The molecule has 0 radical (unpaired) electrons. The van der Waals surface area contributed by atoms with E-state index < -0.39 is 0 Å². The van der Waals surface area contributed by atoms with E-state index in [1.165, 1.54) is 36.1 Å². The Balaban J connectivity index is 1.52. The summed E-state index contributed by atoms with van der Waals surface area (Å²) in [5.41, 5.74) is 4.75. The van der Waals surface area contributed by atoms with E-state index in [1.54, 1.807) is 4.68 Å². The molecule has 0 aliphatic carbocycles. The molecule has 1 aromatic heterocycles. The standard InChI is InChI=1S/C20H24N6/c1-16-9-11-18(12-10-16)26-20(22-23-24-26)21-15-17-7-3-4-8-19(17)25-13-5-2-6-14-25/h3-4,7-12H,2,5-6,13-15H2,1H3,(H,21,22,24). The first kappa shape index (κ1) is 16.6. The summed E-state index contributed by atoms with van der Waals surface area (Å²) in [6.45, 7) is 5.04. The van der Waals surface area contributed by atoms with Crippen molar-refractivity contribution in [3.63, 3.8) is 0 Å². The van der Waals surface area contributed by atoms with Gasteiger partial charge in [0.05, 0.1) is 5.69 Å². The average molecular weight is 348 g/mol. The van der Waals surface area contributed by atoms with Crippen LogP contribution < -0.4 is 10.2 Å². The molecule has 6 nitrogen and oxygen atoms in total. The normalized spacial score (nSPS) is 14.4. The van der Waals surface area contributed by atoms with Gasteiger partial charge in [0.2, 0.25) is 5.95 Å². The van der Waals surface area contributed by atoms with Crippen molar-refractivity contribution in [2.24, 2.45) is 0 Å². The molecule has 2 heterocycles. The number of benzene rings is 2. The third kappa shape index (κ3) is 3.54. The summed E-state index contributed by atoms with van der Waals surface area (Å²) < 4.78 is 1.74. The van der Waals surface area contributed by atoms with Crippen LogP contribution in [0.2, 0.25) is 0 Å². The van der Waals surface area contributed by atoms with Crippen molar-refractivity contribution in [2.75, 3.05) is 23.3 Å². The number of aryl methyl sites for hydroxylation is 1. The largest absolute Gasteiger partial charge is 0.371 e. The van der Waals surface area contributed by atoms with Crippen molar-refractivity contribution in [1.82, 2.24) is 20.2 Å². The van der Waals surface area contributed by atoms with E-state index in [-0.39, 0.29) is 0 Å². The first-order valence-corrected chi connectivity index (χ1v) is 9.23. The van der Waals surface area contributed by atoms with Gasteiger partial charge in [-0.05, 0) is 60.4 Å². The highest BCUT2D eigenvalue weighted by Gasteiger charge is 2.15. The minimum Gasteiger partial charge on any atom is -0.371 e. The fraction of sp³-hybridized carbons (Fsp3) is 0.350. The lowest BCUT2D eigenvalue weighted by Gasteiger charge is -2.30. The molecule has 6 heteroatoms. The van der Waals surface area contributed by atoms with Crippen LogP contribution in [0.1, 0.15) is 30.4 Å². The molecule has 0 unspecified atom stereocenters. The van der Waals surface area contributed by atoms with Crippen molar-refractivity contribution in [3.05, 3.63) is 59.7 Å². The number of tetrazole rings is 1. The molecule has 0 amide bonds. The molecule has 3 aromatic rings. The summed E-state index contributed by atoms with van der Waals surface area (Å²) in [7, 11) is 0. The van der Waals surface area contributed by atoms with Crippen LogP contribution in [0, 0.1) is 6.92 Å². The Bertz CT molecular complexity index is 849. The maximum Gasteiger partial charge on any atom is 0.248 e. The third-order valence-corrected chi connectivity index (χ3v) is 4.87. The maximum atomic E-state index is 4.15. The van der Waals surface area contributed by atoms with Gasteiger partial charge in [0.25, 0.3) is 0 Å². The Hall–Kier alpha value is -2.89. The monoisotopic (exact) mass is 348 g/mol. The summed E-state index contributed by atoms with van der Waals surface area (Å²) in [5, 5.41) is 15.5. The molecular formula is C20H24N6. The lowest BCUT2D eigenvalue weighted by atomic mass is 10.1. The van der Waals surface area contributed by atoms with Gasteiger partial charge in [-0.15, -0.1) is 0 Å². The summed E-state index contributed by atoms with van der Waals surface area (Å²) >= 11 is 0. The van der Waals surface area contributed by atoms with E-state index in [9.17, 15) is 0 Å². The van der Waals surface area contributed by atoms with Crippen LogP contribution in [-0.4, -0.2) is 33.3 Å². The average Bonchev–Trinajstić information content (AvgIpc) is 3.16. The van der Waals surface area contributed by atoms with Crippen molar-refractivity contribution < 1.29 is 0 Å². The second-order valence-electron chi connectivity index (χ2n) is 6.78. The molecule has 4 rings (SSSR count). The molecule has 0 bridgehead atoms. The van der Waals surface area contributed by atoms with E-state index >= 15 is 0 Å². The first-order chi connectivity index (χ1) is 12.8. The van der Waals surface area contributed by atoms with Crippen LogP contribution >= 0.6 is 0 Å². The van der Waals surface area contributed by atoms with Crippen LogP contribution in [0.25, 0.3) is 5.69 Å². The molecular weight excluding hydrogens is 324 g/mol. The molecule has 134 valence electrons. The lowest BCUT2D eigenvalue weighted by Crippen LogP contribution is -2.30. The van der Waals surface area contributed by atoms with E-state index in [0.717, 1.165) is 18.8 Å². The van der Waals surface area contributed by atoms with Crippen LogP contribution in [-0.2, 0) is 6.54 Å². The van der Waals surface area contributed by atoms with Gasteiger partial charge in [-0.3, -0.25) is 0 Å². The molecule has 2 aromatic carbocycles. The second-order valence-corrected chi connectivity index (χ2v) is 6.78. The number of hydrogen-bond acceptors (Lipinski definition) is 5. The van der Waals surface area contributed by atoms with Crippen molar-refractivity contribution in [3.8, 4) is 5.69 Å². The summed E-state index contributed by atoms with van der Waals surface area (Å²) in [4.78, 5) is 2.49. The molecule has 0 spiro atoms. The zero-order chi connectivity index (χ0) is 17.8. The number of hydrogen-bond donors (Lipinski definition) is 1. The van der Waals surface area contributed by atoms with Gasteiger partial charge in [-0.2, -0.15) is 4.68 Å². The molecule has 1 aliphatic heterocycles. The molecule has 1 fully saturated rings. The number of para-hydroxylation sites is 1. The smallest absolute Gasteiger partial charge is 0.248 e. The zero-order valence-electron chi connectivity index (χ0n) is 15.1. The highest BCUT2D eigenvalue weighted by molar-refractivity contribution is 5.55. The van der Waals surface area contributed by atoms with Gasteiger partial charge in [0.1, 0.15) is 0 Å². The van der Waals surface area contributed by atoms with Gasteiger partial charge in [0, 0.05) is 25.3 Å². The lowest BCUT2D eigenvalue weighted by molar-refractivity contribution is 0.576. The maximum absolute atomic E-state index is 4.15. The molecule has 1 saturated heterocycles. The van der Waals surface area contributed by atoms with Gasteiger partial charge >= 0.3 is 0 Å². The van der Waals surface area contributed by atoms with Crippen LogP contribution in [0.15, 0.2) is 48.5 Å². The minimum atomic E-state index is 0.655. The Morgan fingerprint density at radius 1 is 0.962 bits per heavy atom. The number of aromatic nitrogens is 4. The van der Waals surface area contributed by atoms with E-state index in [0.29, 0.717) is 12.5 Å². The van der Waals surface area contributed by atoms with Crippen molar-refractivity contribution >= 4 is 11.6 Å². The third-order valence-electron chi connectivity index (χ3n) is 4.87. The fourth-order valence-electron chi connectivity index (χ4n) is 3.44. The van der Waals surface area contributed by atoms with E-state index in [1.807, 2.05) is 12.1 Å². The first-order valence-electron chi connectivity index (χ1n) is 9.23. The Morgan fingerprint density at radius 3 is 2.54 bits per heavy atom. The predicted molar refractivity (Wildman–Crippen MR) is 104 cm³/mol. The van der Waals surface area contributed by atoms with Crippen LogP contribution in [0.3, 0.4) is 0 Å². The number of rotatable bonds is 5. The molecule has 0 atom stereocenters. The van der Waals surface area contributed by atoms with E-state index in [2.05, 4.69) is 69.1 Å². The SMILES string of the molecule is Cc1ccc(-n2nnnc2NCc2ccccc2N2CCCCC2)cc1. The summed E-state index contributed by atoms with van der Waals surface area (Å²) in [6, 6.07) is 16.8. The molecule has 1 N–H and O–H groups in total. The Labute approximate surface area is 153 Å². The summed E-state index contributed by atoms with van der Waals surface area (Å²) in [5.74, 6) is 0.655. The summed E-state index contributed by atoms with van der Waals surface area (Å²) in [6.07, 6.45) is 3.88. The van der Waals surface area contributed by atoms with Crippen molar-refractivity contribution in [2.45, 2.75) is 32.7 Å². The van der Waals surface area contributed by atoms with Gasteiger partial charge in [0.15, 0.2) is 0 Å². The Morgan fingerprint density at radius 2 is 1.73 bits per heavy atom. The van der Waals surface area contributed by atoms with Gasteiger partial charge in [-0.1, -0.05) is 41.0 Å². The van der Waals surface area contributed by atoms with Crippen LogP contribution in [0.5, 0.6) is 0 Å².